The molecule has 2 rings (SSSR count). The SMILES string of the molecule is NC1CCCC(c2ccc(F)cc2F)C1. The third-order valence-electron chi connectivity index (χ3n) is 3.12. The summed E-state index contributed by atoms with van der Waals surface area (Å²) in [6, 6.07) is 3.98. The van der Waals surface area contributed by atoms with E-state index < -0.39 is 11.6 Å². The molecule has 1 saturated carbocycles. The molecule has 1 aromatic rings. The van der Waals surface area contributed by atoms with Crippen LogP contribution in [0.3, 0.4) is 0 Å². The summed E-state index contributed by atoms with van der Waals surface area (Å²) in [5.41, 5.74) is 6.46. The van der Waals surface area contributed by atoms with Crippen LogP contribution >= 0.6 is 0 Å². The molecule has 2 atom stereocenters. The van der Waals surface area contributed by atoms with Gasteiger partial charge in [-0.2, -0.15) is 0 Å². The van der Waals surface area contributed by atoms with Gasteiger partial charge in [-0.05, 0) is 36.8 Å². The molecule has 2 N–H and O–H groups in total. The lowest BCUT2D eigenvalue weighted by Gasteiger charge is -2.27. The smallest absolute Gasteiger partial charge is 0.129 e. The van der Waals surface area contributed by atoms with Gasteiger partial charge in [-0.3, -0.25) is 0 Å². The van der Waals surface area contributed by atoms with Crippen LogP contribution in [0.4, 0.5) is 8.78 Å². The second kappa shape index (κ2) is 4.27. The van der Waals surface area contributed by atoms with Crippen molar-refractivity contribution < 1.29 is 8.78 Å². The maximum absolute atomic E-state index is 13.5. The van der Waals surface area contributed by atoms with Gasteiger partial charge in [-0.15, -0.1) is 0 Å². The number of halogens is 2. The number of hydrogen-bond donors (Lipinski definition) is 1. The van der Waals surface area contributed by atoms with Gasteiger partial charge in [-0.25, -0.2) is 8.78 Å². The van der Waals surface area contributed by atoms with Crippen LogP contribution in [-0.2, 0) is 0 Å². The van der Waals surface area contributed by atoms with Crippen molar-refractivity contribution in [3.05, 3.63) is 35.4 Å². The largest absolute Gasteiger partial charge is 0.328 e. The standard InChI is InChI=1S/C12H15F2N/c13-9-4-5-11(12(14)7-9)8-2-1-3-10(15)6-8/h4-5,7-8,10H,1-3,6,15H2. The van der Waals surface area contributed by atoms with E-state index in [2.05, 4.69) is 0 Å². The molecule has 1 fully saturated rings. The maximum Gasteiger partial charge on any atom is 0.129 e. The first-order chi connectivity index (χ1) is 7.16. The number of nitrogens with two attached hydrogens (primary N) is 1. The van der Waals surface area contributed by atoms with E-state index in [4.69, 9.17) is 5.73 Å². The van der Waals surface area contributed by atoms with Gasteiger partial charge in [0.25, 0.3) is 0 Å². The van der Waals surface area contributed by atoms with Crippen molar-refractivity contribution in [3.63, 3.8) is 0 Å². The Kier molecular flexibility index (Phi) is 3.00. The highest BCUT2D eigenvalue weighted by molar-refractivity contribution is 5.23. The van der Waals surface area contributed by atoms with Crippen LogP contribution in [0, 0.1) is 11.6 Å². The van der Waals surface area contributed by atoms with Gasteiger partial charge >= 0.3 is 0 Å². The molecular formula is C12H15F2N. The Bertz CT molecular complexity index is 351. The predicted octanol–water partition coefficient (Wildman–Crippen LogP) is 2.95. The molecule has 0 bridgehead atoms. The number of hydrogen-bond acceptors (Lipinski definition) is 1. The van der Waals surface area contributed by atoms with E-state index in [-0.39, 0.29) is 12.0 Å². The fraction of sp³-hybridized carbons (Fsp3) is 0.500. The molecule has 0 radical (unpaired) electrons. The monoisotopic (exact) mass is 211 g/mol. The van der Waals surface area contributed by atoms with Crippen LogP contribution in [0.25, 0.3) is 0 Å². The minimum absolute atomic E-state index is 0.160. The van der Waals surface area contributed by atoms with Gasteiger partial charge in [0.05, 0.1) is 0 Å². The summed E-state index contributed by atoms with van der Waals surface area (Å²) in [6.07, 6.45) is 3.81. The molecule has 1 nitrogen and oxygen atoms in total. The second-order valence-electron chi connectivity index (χ2n) is 4.29. The molecule has 1 aromatic carbocycles. The Balaban J connectivity index is 2.21. The topological polar surface area (TPSA) is 26.0 Å². The van der Waals surface area contributed by atoms with Crippen molar-refractivity contribution >= 4 is 0 Å². The normalized spacial score (nSPS) is 26.6. The minimum Gasteiger partial charge on any atom is -0.328 e. The van der Waals surface area contributed by atoms with Gasteiger partial charge in [0, 0.05) is 12.1 Å². The second-order valence-corrected chi connectivity index (χ2v) is 4.29. The number of benzene rings is 1. The zero-order valence-corrected chi connectivity index (χ0v) is 8.55. The van der Waals surface area contributed by atoms with Crippen molar-refractivity contribution in [2.45, 2.75) is 37.6 Å². The lowest BCUT2D eigenvalue weighted by molar-refractivity contribution is 0.383. The zero-order chi connectivity index (χ0) is 10.8. The molecule has 0 aromatic heterocycles. The summed E-state index contributed by atoms with van der Waals surface area (Å²) >= 11 is 0. The molecule has 3 heteroatoms. The van der Waals surface area contributed by atoms with Crippen molar-refractivity contribution in [2.24, 2.45) is 5.73 Å². The summed E-state index contributed by atoms with van der Waals surface area (Å²) in [6.45, 7) is 0. The molecular weight excluding hydrogens is 196 g/mol. The van der Waals surface area contributed by atoms with E-state index >= 15 is 0 Å². The summed E-state index contributed by atoms with van der Waals surface area (Å²) in [7, 11) is 0. The molecule has 0 heterocycles. The van der Waals surface area contributed by atoms with Crippen LogP contribution in [-0.4, -0.2) is 6.04 Å². The first-order valence-electron chi connectivity index (χ1n) is 5.37. The van der Waals surface area contributed by atoms with Crippen molar-refractivity contribution in [2.75, 3.05) is 0 Å². The van der Waals surface area contributed by atoms with E-state index in [0.717, 1.165) is 31.7 Å². The van der Waals surface area contributed by atoms with E-state index in [0.29, 0.717) is 5.56 Å². The van der Waals surface area contributed by atoms with Crippen molar-refractivity contribution in [1.82, 2.24) is 0 Å². The fourth-order valence-corrected chi connectivity index (χ4v) is 2.34. The highest BCUT2D eigenvalue weighted by atomic mass is 19.1. The van der Waals surface area contributed by atoms with E-state index in [1.807, 2.05) is 0 Å². The minimum atomic E-state index is -0.517. The fourth-order valence-electron chi connectivity index (χ4n) is 2.34. The highest BCUT2D eigenvalue weighted by Crippen LogP contribution is 2.33. The van der Waals surface area contributed by atoms with Crippen LogP contribution in [0.5, 0.6) is 0 Å². The quantitative estimate of drug-likeness (QED) is 0.759. The van der Waals surface area contributed by atoms with Crippen LogP contribution in [0.1, 0.15) is 37.2 Å². The highest BCUT2D eigenvalue weighted by Gasteiger charge is 2.23. The Morgan fingerprint density at radius 3 is 2.67 bits per heavy atom. The third kappa shape index (κ3) is 2.34. The molecule has 0 aliphatic heterocycles. The average Bonchev–Trinajstić information content (AvgIpc) is 2.17. The zero-order valence-electron chi connectivity index (χ0n) is 8.55. The van der Waals surface area contributed by atoms with E-state index in [1.165, 1.54) is 6.07 Å². The summed E-state index contributed by atoms with van der Waals surface area (Å²) in [4.78, 5) is 0. The molecule has 0 saturated heterocycles. The molecule has 0 spiro atoms. The third-order valence-corrected chi connectivity index (χ3v) is 3.12. The lowest BCUT2D eigenvalue weighted by atomic mass is 9.81. The van der Waals surface area contributed by atoms with Gasteiger partial charge in [-0.1, -0.05) is 12.5 Å². The first kappa shape index (κ1) is 10.6. The molecule has 0 amide bonds. The van der Waals surface area contributed by atoms with Gasteiger partial charge in [0.15, 0.2) is 0 Å². The average molecular weight is 211 g/mol. The summed E-state index contributed by atoms with van der Waals surface area (Å²) in [5.74, 6) is -0.792. The first-order valence-corrected chi connectivity index (χ1v) is 5.37. The Hall–Kier alpha value is -0.960. The maximum atomic E-state index is 13.5. The molecule has 2 unspecified atom stereocenters. The van der Waals surface area contributed by atoms with Crippen LogP contribution in [0.15, 0.2) is 18.2 Å². The molecule has 15 heavy (non-hydrogen) atoms. The van der Waals surface area contributed by atoms with Crippen LogP contribution < -0.4 is 5.73 Å². The predicted molar refractivity (Wildman–Crippen MR) is 55.5 cm³/mol. The van der Waals surface area contributed by atoms with Gasteiger partial charge in [0.2, 0.25) is 0 Å². The van der Waals surface area contributed by atoms with Crippen molar-refractivity contribution in [3.8, 4) is 0 Å². The summed E-state index contributed by atoms with van der Waals surface area (Å²) in [5, 5.41) is 0. The molecule has 1 aliphatic rings. The molecule has 82 valence electrons. The number of rotatable bonds is 1. The van der Waals surface area contributed by atoms with Gasteiger partial charge < -0.3 is 5.73 Å². The van der Waals surface area contributed by atoms with E-state index in [9.17, 15) is 8.78 Å². The Morgan fingerprint density at radius 1 is 1.20 bits per heavy atom. The molecule has 1 aliphatic carbocycles. The van der Waals surface area contributed by atoms with Crippen molar-refractivity contribution in [1.29, 1.82) is 0 Å². The van der Waals surface area contributed by atoms with E-state index in [1.54, 1.807) is 6.07 Å². The Morgan fingerprint density at radius 2 is 2.00 bits per heavy atom. The van der Waals surface area contributed by atoms with Crippen LogP contribution in [0.2, 0.25) is 0 Å². The lowest BCUT2D eigenvalue weighted by Crippen LogP contribution is -2.27. The Labute approximate surface area is 88.3 Å². The van der Waals surface area contributed by atoms with Gasteiger partial charge in [0.1, 0.15) is 11.6 Å². The summed E-state index contributed by atoms with van der Waals surface area (Å²) < 4.78 is 26.2.